The average Bonchev–Trinajstić information content (AvgIpc) is 2.29. The van der Waals surface area contributed by atoms with Gasteiger partial charge in [0.05, 0.1) is 0 Å². The van der Waals surface area contributed by atoms with Gasteiger partial charge in [0.15, 0.2) is 12.1 Å². The van der Waals surface area contributed by atoms with Crippen LogP contribution in [0.2, 0.25) is 0 Å². The van der Waals surface area contributed by atoms with Crippen LogP contribution in [0.5, 0.6) is 0 Å². The Morgan fingerprint density at radius 2 is 2.17 bits per heavy atom. The lowest BCUT2D eigenvalue weighted by Crippen LogP contribution is -2.20. The molecule has 0 fully saturated rings. The van der Waals surface area contributed by atoms with Gasteiger partial charge in [-0.15, -0.1) is 13.2 Å². The summed E-state index contributed by atoms with van der Waals surface area (Å²) in [5.41, 5.74) is -0.107. The lowest BCUT2D eigenvalue weighted by atomic mass is 10.5. The second kappa shape index (κ2) is 2.62. The first-order valence-electron chi connectivity index (χ1n) is 3.03. The Balaban J connectivity index is 3.28. The van der Waals surface area contributed by atoms with Gasteiger partial charge in [-0.2, -0.15) is 0 Å². The number of rotatable bonds is 1. The van der Waals surface area contributed by atoms with Crippen molar-refractivity contribution < 1.29 is 18.0 Å². The summed E-state index contributed by atoms with van der Waals surface area (Å²) in [6, 6.07) is 0. The minimum Gasteiger partial charge on any atom is -0.294 e. The standard InChI is InChI=1S/C6H5F3N2O/c1-4-2-10-5(3-12)11(4)6(7,8)9/h2-3H,1H3. The van der Waals surface area contributed by atoms with Crippen molar-refractivity contribution in [1.82, 2.24) is 9.55 Å². The number of aromatic nitrogens is 2. The predicted octanol–water partition coefficient (Wildman–Crippen LogP) is 1.48. The van der Waals surface area contributed by atoms with Crippen molar-refractivity contribution in [3.05, 3.63) is 17.7 Å². The monoisotopic (exact) mass is 178 g/mol. The van der Waals surface area contributed by atoms with Crippen molar-refractivity contribution in [3.63, 3.8) is 0 Å². The number of alkyl halides is 3. The molecule has 12 heavy (non-hydrogen) atoms. The molecule has 0 saturated heterocycles. The van der Waals surface area contributed by atoms with E-state index in [1.54, 1.807) is 0 Å². The van der Waals surface area contributed by atoms with Crippen LogP contribution in [0.1, 0.15) is 16.3 Å². The van der Waals surface area contributed by atoms with Crippen LogP contribution in [-0.2, 0) is 6.30 Å². The molecule has 6 heteroatoms. The fourth-order valence-corrected chi connectivity index (χ4v) is 0.869. The number of imidazole rings is 1. The number of aldehydes is 1. The molecule has 0 unspecified atom stereocenters. The summed E-state index contributed by atoms with van der Waals surface area (Å²) in [7, 11) is 0. The molecule has 0 aliphatic carbocycles. The van der Waals surface area contributed by atoms with Gasteiger partial charge in [-0.3, -0.25) is 4.79 Å². The van der Waals surface area contributed by atoms with E-state index in [0.717, 1.165) is 6.20 Å². The van der Waals surface area contributed by atoms with Crippen LogP contribution >= 0.6 is 0 Å². The predicted molar refractivity (Wildman–Crippen MR) is 33.6 cm³/mol. The quantitative estimate of drug-likeness (QED) is 0.610. The molecule has 1 heterocycles. The van der Waals surface area contributed by atoms with Gasteiger partial charge >= 0.3 is 6.30 Å². The number of hydrogen-bond acceptors (Lipinski definition) is 2. The van der Waals surface area contributed by atoms with Crippen LogP contribution in [0.4, 0.5) is 13.2 Å². The summed E-state index contributed by atoms with van der Waals surface area (Å²) in [4.78, 5) is 13.4. The van der Waals surface area contributed by atoms with E-state index in [9.17, 15) is 18.0 Å². The highest BCUT2D eigenvalue weighted by atomic mass is 19.4. The molecule has 0 spiro atoms. The number of carbonyl (C=O) groups is 1. The largest absolute Gasteiger partial charge is 0.490 e. The van der Waals surface area contributed by atoms with E-state index in [-0.39, 0.29) is 16.5 Å². The highest BCUT2D eigenvalue weighted by Crippen LogP contribution is 2.25. The Hall–Kier alpha value is -1.33. The molecule has 0 N–H and O–H groups in total. The van der Waals surface area contributed by atoms with Gasteiger partial charge in [0.1, 0.15) is 0 Å². The summed E-state index contributed by atoms with van der Waals surface area (Å²) in [5, 5.41) is 0. The number of hydrogen-bond donors (Lipinski definition) is 0. The summed E-state index contributed by atoms with van der Waals surface area (Å²) in [5.74, 6) is -0.625. The lowest BCUT2D eigenvalue weighted by molar-refractivity contribution is -0.205. The third-order valence-electron chi connectivity index (χ3n) is 1.32. The molecule has 1 aromatic heterocycles. The van der Waals surface area contributed by atoms with Gasteiger partial charge in [-0.25, -0.2) is 9.55 Å². The Labute approximate surface area is 65.8 Å². The Bertz CT molecular complexity index is 302. The molecule has 66 valence electrons. The van der Waals surface area contributed by atoms with E-state index in [4.69, 9.17) is 0 Å². The van der Waals surface area contributed by atoms with Gasteiger partial charge < -0.3 is 0 Å². The molecule has 1 aromatic rings. The van der Waals surface area contributed by atoms with Crippen LogP contribution in [0.15, 0.2) is 6.20 Å². The van der Waals surface area contributed by atoms with Crippen LogP contribution in [0, 0.1) is 6.92 Å². The topological polar surface area (TPSA) is 34.9 Å². The smallest absolute Gasteiger partial charge is 0.294 e. The fourth-order valence-electron chi connectivity index (χ4n) is 0.869. The molecule has 0 saturated carbocycles. The highest BCUT2D eigenvalue weighted by Gasteiger charge is 2.34. The molecule has 3 nitrogen and oxygen atoms in total. The van der Waals surface area contributed by atoms with Gasteiger partial charge in [0, 0.05) is 11.9 Å². The van der Waals surface area contributed by atoms with Gasteiger partial charge in [0.2, 0.25) is 0 Å². The zero-order valence-corrected chi connectivity index (χ0v) is 6.09. The molecule has 0 atom stereocenters. The first kappa shape index (κ1) is 8.76. The Morgan fingerprint density at radius 3 is 2.50 bits per heavy atom. The maximum Gasteiger partial charge on any atom is 0.490 e. The summed E-state index contributed by atoms with van der Waals surface area (Å²) >= 11 is 0. The van der Waals surface area contributed by atoms with Gasteiger partial charge in [-0.1, -0.05) is 0 Å². The maximum atomic E-state index is 12.1. The summed E-state index contributed by atoms with van der Waals surface area (Å²) in [6.45, 7) is 1.23. The molecule has 0 aliphatic rings. The van der Waals surface area contributed by atoms with E-state index in [1.807, 2.05) is 0 Å². The normalized spacial score (nSPS) is 11.7. The van der Waals surface area contributed by atoms with Crippen LogP contribution in [0.25, 0.3) is 0 Å². The zero-order valence-electron chi connectivity index (χ0n) is 6.09. The van der Waals surface area contributed by atoms with Crippen molar-refractivity contribution in [2.24, 2.45) is 0 Å². The third-order valence-corrected chi connectivity index (χ3v) is 1.32. The van der Waals surface area contributed by atoms with Gasteiger partial charge in [0.25, 0.3) is 0 Å². The van der Waals surface area contributed by atoms with Crippen molar-refractivity contribution >= 4 is 6.29 Å². The molecule has 0 aliphatic heterocycles. The molecule has 0 amide bonds. The second-order valence-electron chi connectivity index (χ2n) is 2.18. The van der Waals surface area contributed by atoms with Crippen molar-refractivity contribution in [2.45, 2.75) is 13.2 Å². The molecular formula is C6H5F3N2O. The van der Waals surface area contributed by atoms with Crippen molar-refractivity contribution in [2.75, 3.05) is 0 Å². The average molecular weight is 178 g/mol. The molecule has 1 rings (SSSR count). The minimum atomic E-state index is -4.57. The molecule has 0 radical (unpaired) electrons. The van der Waals surface area contributed by atoms with E-state index in [2.05, 4.69) is 4.98 Å². The van der Waals surface area contributed by atoms with Crippen LogP contribution in [0.3, 0.4) is 0 Å². The van der Waals surface area contributed by atoms with Crippen LogP contribution < -0.4 is 0 Å². The maximum absolute atomic E-state index is 12.1. The third kappa shape index (κ3) is 1.32. The first-order valence-corrected chi connectivity index (χ1v) is 3.03. The van der Waals surface area contributed by atoms with Crippen molar-refractivity contribution in [1.29, 1.82) is 0 Å². The number of halogens is 3. The SMILES string of the molecule is Cc1cnc(C=O)n1C(F)(F)F. The van der Waals surface area contributed by atoms with E-state index >= 15 is 0 Å². The van der Waals surface area contributed by atoms with E-state index in [1.165, 1.54) is 6.92 Å². The van der Waals surface area contributed by atoms with Crippen LogP contribution in [-0.4, -0.2) is 15.8 Å². The fraction of sp³-hybridized carbons (Fsp3) is 0.333. The summed E-state index contributed by atoms with van der Waals surface area (Å²) < 4.78 is 36.2. The Kier molecular flexibility index (Phi) is 1.91. The van der Waals surface area contributed by atoms with E-state index < -0.39 is 12.1 Å². The number of aryl methyl sites for hydroxylation is 1. The molecule has 0 aromatic carbocycles. The zero-order chi connectivity index (χ0) is 9.35. The lowest BCUT2D eigenvalue weighted by Gasteiger charge is -2.09. The van der Waals surface area contributed by atoms with Crippen molar-refractivity contribution in [3.8, 4) is 0 Å². The van der Waals surface area contributed by atoms with Gasteiger partial charge in [-0.05, 0) is 6.92 Å². The first-order chi connectivity index (χ1) is 5.46. The number of nitrogens with zero attached hydrogens (tertiary/aromatic N) is 2. The van der Waals surface area contributed by atoms with E-state index in [0.29, 0.717) is 0 Å². The number of carbonyl (C=O) groups excluding carboxylic acids is 1. The minimum absolute atomic E-state index is 0.0694. The second-order valence-corrected chi connectivity index (χ2v) is 2.18. The molecule has 0 bridgehead atoms. The Morgan fingerprint density at radius 1 is 1.58 bits per heavy atom. The molecular weight excluding hydrogens is 173 g/mol. The highest BCUT2D eigenvalue weighted by molar-refractivity contribution is 5.69. The summed E-state index contributed by atoms with van der Waals surface area (Å²) in [6.07, 6.45) is -3.51.